The van der Waals surface area contributed by atoms with E-state index in [1.807, 2.05) is 48.5 Å². The van der Waals surface area contributed by atoms with Crippen molar-refractivity contribution in [3.8, 4) is 40.7 Å². The average molecular weight is 560 g/mol. The summed E-state index contributed by atoms with van der Waals surface area (Å²) in [4.78, 5) is 0. The zero-order valence-corrected chi connectivity index (χ0v) is 23.4. The number of benzene rings is 6. The fourth-order valence-electron chi connectivity index (χ4n) is 6.53. The number of aromatic nitrogens is 2. The Morgan fingerprint density at radius 2 is 1.14 bits per heavy atom. The van der Waals surface area contributed by atoms with Crippen LogP contribution in [0.1, 0.15) is 16.7 Å². The molecule has 6 aromatic carbocycles. The normalized spacial score (nSPS) is 11.1. The molecule has 0 bridgehead atoms. The predicted molar refractivity (Wildman–Crippen MR) is 175 cm³/mol. The summed E-state index contributed by atoms with van der Waals surface area (Å²) in [5.41, 5.74) is 9.39. The molecule has 8 aromatic rings. The second-order valence-corrected chi connectivity index (χ2v) is 10.8. The molecule has 0 saturated heterocycles. The van der Waals surface area contributed by atoms with Gasteiger partial charge in [0.05, 0.1) is 56.6 Å². The quantitative estimate of drug-likeness (QED) is 0.216. The van der Waals surface area contributed by atoms with Crippen molar-refractivity contribution in [1.82, 2.24) is 9.13 Å². The second-order valence-electron chi connectivity index (χ2n) is 10.8. The molecular formula is C39H21N5. The first-order chi connectivity index (χ1) is 21.7. The lowest BCUT2D eigenvalue weighted by atomic mass is 9.98. The molecule has 0 aliphatic carbocycles. The van der Waals surface area contributed by atoms with Crippen LogP contribution in [0.4, 0.5) is 0 Å². The summed E-state index contributed by atoms with van der Waals surface area (Å²) in [5, 5.41) is 33.7. The van der Waals surface area contributed by atoms with Crippen LogP contribution in [0.25, 0.3) is 66.1 Å². The minimum absolute atomic E-state index is 0.500. The van der Waals surface area contributed by atoms with E-state index in [-0.39, 0.29) is 0 Å². The Morgan fingerprint density at radius 3 is 1.93 bits per heavy atom. The maximum Gasteiger partial charge on any atom is 0.101 e. The summed E-state index contributed by atoms with van der Waals surface area (Å²) in [7, 11) is 0. The van der Waals surface area contributed by atoms with Gasteiger partial charge < -0.3 is 9.13 Å². The lowest BCUT2D eigenvalue weighted by Gasteiger charge is -2.12. The van der Waals surface area contributed by atoms with Gasteiger partial charge in [-0.1, -0.05) is 66.7 Å². The molecule has 0 fully saturated rings. The van der Waals surface area contributed by atoms with Gasteiger partial charge in [0.2, 0.25) is 0 Å². The summed E-state index contributed by atoms with van der Waals surface area (Å²) < 4.78 is 4.32. The van der Waals surface area contributed by atoms with E-state index in [0.29, 0.717) is 22.4 Å². The first kappa shape index (κ1) is 25.1. The largest absolute Gasteiger partial charge is 0.309 e. The Hall–Kier alpha value is -6.61. The summed E-state index contributed by atoms with van der Waals surface area (Å²) in [6.07, 6.45) is 0. The molecule has 0 aliphatic heterocycles. The summed E-state index contributed by atoms with van der Waals surface area (Å²) in [6.45, 7) is 0. The summed E-state index contributed by atoms with van der Waals surface area (Å²) in [6, 6.07) is 49.1. The molecule has 0 saturated carbocycles. The van der Waals surface area contributed by atoms with E-state index in [2.05, 4.69) is 88.0 Å². The number of nitriles is 3. The standard InChI is InChI=1S/C39H21N5/c40-22-25-7-5-8-29(19-25)43-34-12-3-1-9-31(34)32-18-17-27(21-38(32)43)30-11-6-14-36-39(30)33-10-2-4-13-35(33)44(36)37-20-26(23-41)15-16-28(37)24-42/h1-21H. The Morgan fingerprint density at radius 1 is 0.455 bits per heavy atom. The van der Waals surface area contributed by atoms with Gasteiger partial charge in [-0.3, -0.25) is 0 Å². The third-order valence-corrected chi connectivity index (χ3v) is 8.40. The molecule has 0 spiro atoms. The van der Waals surface area contributed by atoms with Crippen LogP contribution in [0.3, 0.4) is 0 Å². The van der Waals surface area contributed by atoms with Crippen LogP contribution >= 0.6 is 0 Å². The molecule has 2 heterocycles. The van der Waals surface area contributed by atoms with E-state index in [1.165, 1.54) is 0 Å². The third kappa shape index (κ3) is 3.63. The van der Waals surface area contributed by atoms with Gasteiger partial charge in [0, 0.05) is 27.2 Å². The number of rotatable bonds is 3. The molecule has 0 radical (unpaired) electrons. The van der Waals surface area contributed by atoms with Crippen molar-refractivity contribution in [3.63, 3.8) is 0 Å². The molecule has 0 N–H and O–H groups in total. The topological polar surface area (TPSA) is 81.2 Å². The van der Waals surface area contributed by atoms with Gasteiger partial charge >= 0.3 is 0 Å². The van der Waals surface area contributed by atoms with Crippen LogP contribution in [0.5, 0.6) is 0 Å². The highest BCUT2D eigenvalue weighted by molar-refractivity contribution is 6.17. The van der Waals surface area contributed by atoms with Crippen molar-refractivity contribution in [3.05, 3.63) is 144 Å². The molecule has 0 unspecified atom stereocenters. The van der Waals surface area contributed by atoms with Crippen molar-refractivity contribution < 1.29 is 0 Å². The van der Waals surface area contributed by atoms with Crippen molar-refractivity contribution in [2.75, 3.05) is 0 Å². The van der Waals surface area contributed by atoms with Crippen LogP contribution in [0, 0.1) is 34.0 Å². The number of para-hydroxylation sites is 2. The van der Waals surface area contributed by atoms with E-state index in [4.69, 9.17) is 0 Å². The van der Waals surface area contributed by atoms with Gasteiger partial charge in [-0.05, 0) is 71.8 Å². The minimum atomic E-state index is 0.500. The highest BCUT2D eigenvalue weighted by Crippen LogP contribution is 2.41. The van der Waals surface area contributed by atoms with Crippen LogP contribution in [0.2, 0.25) is 0 Å². The van der Waals surface area contributed by atoms with Crippen LogP contribution in [0.15, 0.2) is 127 Å². The van der Waals surface area contributed by atoms with Gasteiger partial charge in [0.25, 0.3) is 0 Å². The minimum Gasteiger partial charge on any atom is -0.309 e. The second kappa shape index (κ2) is 9.74. The molecular weight excluding hydrogens is 538 g/mol. The lowest BCUT2D eigenvalue weighted by molar-refractivity contribution is 1.16. The highest BCUT2D eigenvalue weighted by atomic mass is 15.0. The zero-order valence-electron chi connectivity index (χ0n) is 23.4. The summed E-state index contributed by atoms with van der Waals surface area (Å²) >= 11 is 0. The Kier molecular flexibility index (Phi) is 5.56. The Labute approximate surface area is 252 Å². The highest BCUT2D eigenvalue weighted by Gasteiger charge is 2.19. The number of fused-ring (bicyclic) bond motifs is 6. The fourth-order valence-corrected chi connectivity index (χ4v) is 6.53. The molecule has 5 heteroatoms. The van der Waals surface area contributed by atoms with Gasteiger partial charge in [-0.15, -0.1) is 0 Å². The average Bonchev–Trinajstić information content (AvgIpc) is 3.60. The van der Waals surface area contributed by atoms with Crippen molar-refractivity contribution in [2.45, 2.75) is 0 Å². The van der Waals surface area contributed by atoms with Crippen molar-refractivity contribution in [1.29, 1.82) is 15.8 Å². The molecule has 0 amide bonds. The van der Waals surface area contributed by atoms with Gasteiger partial charge in [-0.25, -0.2) is 0 Å². The monoisotopic (exact) mass is 559 g/mol. The Balaban J connectivity index is 1.45. The molecule has 202 valence electrons. The lowest BCUT2D eigenvalue weighted by Crippen LogP contribution is -1.98. The predicted octanol–water partition coefficient (Wildman–Crippen LogP) is 9.16. The SMILES string of the molecule is N#Cc1cccc(-n2c3ccccc3c3ccc(-c4cccc5c4c4ccccc4n5-c4cc(C#N)ccc4C#N)cc32)c1. The van der Waals surface area contributed by atoms with Crippen molar-refractivity contribution in [2.24, 2.45) is 0 Å². The van der Waals surface area contributed by atoms with Gasteiger partial charge in [0.15, 0.2) is 0 Å². The smallest absolute Gasteiger partial charge is 0.101 e. The molecule has 0 aliphatic rings. The van der Waals surface area contributed by atoms with E-state index in [9.17, 15) is 15.8 Å². The first-order valence-corrected chi connectivity index (χ1v) is 14.2. The third-order valence-electron chi connectivity index (χ3n) is 8.40. The summed E-state index contributed by atoms with van der Waals surface area (Å²) in [5.74, 6) is 0. The van der Waals surface area contributed by atoms with E-state index >= 15 is 0 Å². The van der Waals surface area contributed by atoms with E-state index in [1.54, 1.807) is 18.2 Å². The number of hydrogen-bond donors (Lipinski definition) is 0. The maximum absolute atomic E-state index is 10.0. The van der Waals surface area contributed by atoms with Gasteiger partial charge in [0.1, 0.15) is 6.07 Å². The molecule has 8 rings (SSSR count). The molecule has 0 atom stereocenters. The van der Waals surface area contributed by atoms with E-state index in [0.717, 1.165) is 60.4 Å². The maximum atomic E-state index is 10.0. The first-order valence-electron chi connectivity index (χ1n) is 14.2. The molecule has 44 heavy (non-hydrogen) atoms. The molecule has 5 nitrogen and oxygen atoms in total. The van der Waals surface area contributed by atoms with Gasteiger partial charge in [-0.2, -0.15) is 15.8 Å². The van der Waals surface area contributed by atoms with Crippen LogP contribution in [-0.4, -0.2) is 9.13 Å². The number of hydrogen-bond acceptors (Lipinski definition) is 3. The zero-order chi connectivity index (χ0) is 29.8. The fraction of sp³-hybridized carbons (Fsp3) is 0. The van der Waals surface area contributed by atoms with Crippen LogP contribution < -0.4 is 0 Å². The number of nitrogens with zero attached hydrogens (tertiary/aromatic N) is 5. The van der Waals surface area contributed by atoms with Crippen LogP contribution in [-0.2, 0) is 0 Å². The van der Waals surface area contributed by atoms with E-state index < -0.39 is 0 Å². The Bertz CT molecular complexity index is 2600. The van der Waals surface area contributed by atoms with Crippen molar-refractivity contribution >= 4 is 43.6 Å². The molecule has 2 aromatic heterocycles.